The van der Waals surface area contributed by atoms with Gasteiger partial charge in [-0.3, -0.25) is 0 Å². The zero-order chi connectivity index (χ0) is 16.2. The van der Waals surface area contributed by atoms with Gasteiger partial charge in [-0.05, 0) is 58.9 Å². The minimum absolute atomic E-state index is 0.258. The van der Waals surface area contributed by atoms with Gasteiger partial charge in [0, 0.05) is 19.3 Å². The van der Waals surface area contributed by atoms with Gasteiger partial charge in [0.05, 0.1) is 0 Å². The van der Waals surface area contributed by atoms with Crippen molar-refractivity contribution in [2.24, 2.45) is 0 Å². The average molecular weight is 324 g/mol. The Labute approximate surface area is 140 Å². The molecule has 3 rings (SSSR count). The highest BCUT2D eigenvalue weighted by Gasteiger charge is 2.06. The first-order valence-electron chi connectivity index (χ1n) is 7.37. The summed E-state index contributed by atoms with van der Waals surface area (Å²) in [4.78, 5) is 1.96. The Hall–Kier alpha value is -2.46. The van der Waals surface area contributed by atoms with Gasteiger partial charge in [0.2, 0.25) is 0 Å². The summed E-state index contributed by atoms with van der Waals surface area (Å²) in [5, 5.41) is 6.16. The monoisotopic (exact) mass is 324 g/mol. The first kappa shape index (κ1) is 15.4. The molecular formula is C19H17FN2S. The lowest BCUT2D eigenvalue weighted by Gasteiger charge is -2.21. The fourth-order valence-electron chi connectivity index (χ4n) is 2.43. The normalized spacial score (nSPS) is 10.5. The number of nitrogens with one attached hydrogen (secondary N) is 1. The predicted molar refractivity (Wildman–Crippen MR) is 98.0 cm³/mol. The van der Waals surface area contributed by atoms with Gasteiger partial charge in [-0.2, -0.15) is 0 Å². The van der Waals surface area contributed by atoms with E-state index in [1.165, 1.54) is 28.5 Å². The van der Waals surface area contributed by atoms with Crippen LogP contribution in [0.1, 0.15) is 5.56 Å². The highest BCUT2D eigenvalue weighted by molar-refractivity contribution is 7.80. The molecule has 0 aliphatic rings. The van der Waals surface area contributed by atoms with E-state index in [-0.39, 0.29) is 5.82 Å². The molecule has 0 amide bonds. The molecule has 2 nitrogen and oxygen atoms in total. The Morgan fingerprint density at radius 1 is 1.00 bits per heavy atom. The maximum Gasteiger partial charge on any atom is 0.173 e. The molecule has 0 radical (unpaired) electrons. The SMILES string of the molecule is CN(Cc1ccc2ccccc2c1)C(=S)Nc1ccc(F)cc1. The van der Waals surface area contributed by atoms with Crippen molar-refractivity contribution in [2.75, 3.05) is 12.4 Å². The number of halogens is 1. The molecule has 0 fully saturated rings. The first-order valence-corrected chi connectivity index (χ1v) is 7.78. The molecular weight excluding hydrogens is 307 g/mol. The summed E-state index contributed by atoms with van der Waals surface area (Å²) in [7, 11) is 1.94. The van der Waals surface area contributed by atoms with Gasteiger partial charge in [0.25, 0.3) is 0 Å². The fourth-order valence-corrected chi connectivity index (χ4v) is 2.62. The van der Waals surface area contributed by atoms with Crippen molar-refractivity contribution in [1.29, 1.82) is 0 Å². The van der Waals surface area contributed by atoms with Crippen molar-refractivity contribution in [2.45, 2.75) is 6.54 Å². The molecule has 0 saturated heterocycles. The van der Waals surface area contributed by atoms with E-state index in [0.717, 1.165) is 5.69 Å². The predicted octanol–water partition coefficient (Wildman–Crippen LogP) is 4.81. The quantitative estimate of drug-likeness (QED) is 0.696. The summed E-state index contributed by atoms with van der Waals surface area (Å²) in [6.45, 7) is 0.706. The third-order valence-electron chi connectivity index (χ3n) is 3.68. The number of fused-ring (bicyclic) bond motifs is 1. The minimum Gasteiger partial charge on any atom is -0.348 e. The van der Waals surface area contributed by atoms with Crippen LogP contribution >= 0.6 is 12.2 Å². The molecule has 23 heavy (non-hydrogen) atoms. The highest BCUT2D eigenvalue weighted by Crippen LogP contribution is 2.17. The first-order chi connectivity index (χ1) is 11.1. The fraction of sp³-hybridized carbons (Fsp3) is 0.105. The van der Waals surface area contributed by atoms with E-state index in [1.807, 2.05) is 24.1 Å². The Bertz CT molecular complexity index is 830. The number of hydrogen-bond acceptors (Lipinski definition) is 1. The standard InChI is InChI=1S/C19H17FN2S/c1-22(19(23)21-18-10-8-17(20)9-11-18)13-14-6-7-15-4-2-3-5-16(15)12-14/h2-12H,13H2,1H3,(H,21,23). The number of hydrogen-bond donors (Lipinski definition) is 1. The summed E-state index contributed by atoms with van der Waals surface area (Å²) < 4.78 is 12.9. The van der Waals surface area contributed by atoms with Crippen molar-refractivity contribution in [1.82, 2.24) is 4.90 Å². The zero-order valence-electron chi connectivity index (χ0n) is 12.8. The van der Waals surface area contributed by atoms with E-state index in [1.54, 1.807) is 12.1 Å². The third kappa shape index (κ3) is 3.85. The molecule has 3 aromatic rings. The van der Waals surface area contributed by atoms with Gasteiger partial charge < -0.3 is 10.2 Å². The number of anilines is 1. The number of rotatable bonds is 3. The second-order valence-corrected chi connectivity index (χ2v) is 5.86. The van der Waals surface area contributed by atoms with Gasteiger partial charge in [-0.15, -0.1) is 0 Å². The molecule has 0 aromatic heterocycles. The van der Waals surface area contributed by atoms with Gasteiger partial charge in [-0.1, -0.05) is 36.4 Å². The van der Waals surface area contributed by atoms with Gasteiger partial charge in [0.15, 0.2) is 5.11 Å². The maximum absolute atomic E-state index is 12.9. The van der Waals surface area contributed by atoms with Crippen molar-refractivity contribution < 1.29 is 4.39 Å². The van der Waals surface area contributed by atoms with Crippen molar-refractivity contribution in [3.63, 3.8) is 0 Å². The summed E-state index contributed by atoms with van der Waals surface area (Å²) in [5.74, 6) is -0.258. The Balaban J connectivity index is 1.68. The van der Waals surface area contributed by atoms with Crippen LogP contribution in [-0.4, -0.2) is 17.1 Å². The highest BCUT2D eigenvalue weighted by atomic mass is 32.1. The lowest BCUT2D eigenvalue weighted by Crippen LogP contribution is -2.30. The Morgan fingerprint density at radius 2 is 1.70 bits per heavy atom. The van der Waals surface area contributed by atoms with E-state index in [0.29, 0.717) is 11.7 Å². The van der Waals surface area contributed by atoms with E-state index in [4.69, 9.17) is 12.2 Å². The van der Waals surface area contributed by atoms with Crippen LogP contribution in [0.5, 0.6) is 0 Å². The third-order valence-corrected chi connectivity index (χ3v) is 4.09. The molecule has 0 aliphatic heterocycles. The largest absolute Gasteiger partial charge is 0.348 e. The van der Waals surface area contributed by atoms with Crippen molar-refractivity contribution in [3.8, 4) is 0 Å². The molecule has 4 heteroatoms. The smallest absolute Gasteiger partial charge is 0.173 e. The van der Waals surface area contributed by atoms with Crippen LogP contribution in [0.4, 0.5) is 10.1 Å². The van der Waals surface area contributed by atoms with Crippen LogP contribution in [0.3, 0.4) is 0 Å². The Morgan fingerprint density at radius 3 is 2.43 bits per heavy atom. The van der Waals surface area contributed by atoms with Gasteiger partial charge >= 0.3 is 0 Å². The Kier molecular flexibility index (Phi) is 4.53. The number of thiocarbonyl (C=S) groups is 1. The van der Waals surface area contributed by atoms with Crippen molar-refractivity contribution >= 4 is 33.8 Å². The molecule has 1 N–H and O–H groups in total. The molecule has 0 unspecified atom stereocenters. The van der Waals surface area contributed by atoms with E-state index in [9.17, 15) is 4.39 Å². The second kappa shape index (κ2) is 6.75. The van der Waals surface area contributed by atoms with Crippen LogP contribution in [-0.2, 0) is 6.54 Å². The molecule has 0 aliphatic carbocycles. The summed E-state index contributed by atoms with van der Waals surface area (Å²) in [6, 6.07) is 20.9. The van der Waals surface area contributed by atoms with Crippen LogP contribution in [0, 0.1) is 5.82 Å². The number of benzene rings is 3. The van der Waals surface area contributed by atoms with Crippen LogP contribution in [0.15, 0.2) is 66.7 Å². The van der Waals surface area contributed by atoms with E-state index >= 15 is 0 Å². The lowest BCUT2D eigenvalue weighted by molar-refractivity contribution is 0.509. The maximum atomic E-state index is 12.9. The molecule has 0 heterocycles. The lowest BCUT2D eigenvalue weighted by atomic mass is 10.1. The van der Waals surface area contributed by atoms with Crippen molar-refractivity contribution in [3.05, 3.63) is 78.1 Å². The molecule has 0 spiro atoms. The van der Waals surface area contributed by atoms with Crippen LogP contribution in [0.2, 0.25) is 0 Å². The molecule has 0 bridgehead atoms. The van der Waals surface area contributed by atoms with Gasteiger partial charge in [0.1, 0.15) is 5.82 Å². The average Bonchev–Trinajstić information content (AvgIpc) is 2.56. The molecule has 116 valence electrons. The summed E-state index contributed by atoms with van der Waals surface area (Å²) >= 11 is 5.41. The topological polar surface area (TPSA) is 15.3 Å². The molecule has 0 atom stereocenters. The number of nitrogens with zero attached hydrogens (tertiary/aromatic N) is 1. The molecule has 0 saturated carbocycles. The summed E-state index contributed by atoms with van der Waals surface area (Å²) in [5.41, 5.74) is 1.97. The summed E-state index contributed by atoms with van der Waals surface area (Å²) in [6.07, 6.45) is 0. The van der Waals surface area contributed by atoms with E-state index < -0.39 is 0 Å². The van der Waals surface area contributed by atoms with Crippen LogP contribution in [0.25, 0.3) is 10.8 Å². The van der Waals surface area contributed by atoms with Gasteiger partial charge in [-0.25, -0.2) is 4.39 Å². The van der Waals surface area contributed by atoms with E-state index in [2.05, 4.69) is 35.6 Å². The van der Waals surface area contributed by atoms with Crippen LogP contribution < -0.4 is 5.32 Å². The molecule has 3 aromatic carbocycles. The zero-order valence-corrected chi connectivity index (χ0v) is 13.6. The minimum atomic E-state index is -0.258. The second-order valence-electron chi connectivity index (χ2n) is 5.47.